The van der Waals surface area contributed by atoms with E-state index in [1.54, 1.807) is 28.8 Å². The van der Waals surface area contributed by atoms with Crippen molar-refractivity contribution in [3.8, 4) is 5.75 Å². The van der Waals surface area contributed by atoms with Gasteiger partial charge in [0, 0.05) is 37.5 Å². The largest absolute Gasteiger partial charge is 0.497 e. The molecule has 0 saturated carbocycles. The maximum atomic E-state index is 13.4. The maximum Gasteiger partial charge on any atom is 0.229 e. The zero-order chi connectivity index (χ0) is 24.8. The van der Waals surface area contributed by atoms with Gasteiger partial charge in [0.05, 0.1) is 41.2 Å². The Morgan fingerprint density at radius 1 is 1.20 bits per heavy atom. The van der Waals surface area contributed by atoms with Crippen molar-refractivity contribution in [2.45, 2.75) is 16.2 Å². The summed E-state index contributed by atoms with van der Waals surface area (Å²) in [6, 6.07) is 12.2. The van der Waals surface area contributed by atoms with Crippen molar-refractivity contribution in [2.75, 3.05) is 63.4 Å². The van der Waals surface area contributed by atoms with Crippen LogP contribution in [0.25, 0.3) is 10.2 Å². The number of benzene rings is 2. The monoisotopic (exact) mass is 535 g/mol. The van der Waals surface area contributed by atoms with Crippen LogP contribution in [0.2, 0.25) is 0 Å². The van der Waals surface area contributed by atoms with Gasteiger partial charge in [-0.3, -0.25) is 14.6 Å². The van der Waals surface area contributed by atoms with E-state index in [0.29, 0.717) is 37.2 Å². The van der Waals surface area contributed by atoms with Gasteiger partial charge < -0.3 is 9.47 Å². The molecule has 0 radical (unpaired) electrons. The Kier molecular flexibility index (Phi) is 8.66. The first kappa shape index (κ1) is 25.9. The molecule has 188 valence electrons. The number of aromatic nitrogens is 1. The molecule has 1 saturated heterocycles. The summed E-state index contributed by atoms with van der Waals surface area (Å²) in [6.07, 6.45) is 1.88. The van der Waals surface area contributed by atoms with Crippen LogP contribution in [0.1, 0.15) is 6.42 Å². The average molecular weight is 536 g/mol. The van der Waals surface area contributed by atoms with Gasteiger partial charge in [0.1, 0.15) is 5.75 Å². The molecule has 2 aromatic carbocycles. The smallest absolute Gasteiger partial charge is 0.229 e. The van der Waals surface area contributed by atoms with Crippen LogP contribution >= 0.6 is 23.1 Å². The minimum atomic E-state index is -3.62. The first-order valence-electron chi connectivity index (χ1n) is 11.3. The van der Waals surface area contributed by atoms with Crippen molar-refractivity contribution in [3.05, 3.63) is 42.5 Å². The number of hydrogen-bond acceptors (Lipinski definition) is 9. The number of carbonyl (C=O) groups excluding carboxylic acids is 1. The highest BCUT2D eigenvalue weighted by Gasteiger charge is 2.25. The minimum Gasteiger partial charge on any atom is -0.497 e. The van der Waals surface area contributed by atoms with Gasteiger partial charge in [-0.05, 0) is 42.7 Å². The number of rotatable bonds is 10. The molecule has 0 aliphatic carbocycles. The van der Waals surface area contributed by atoms with E-state index >= 15 is 0 Å². The first-order chi connectivity index (χ1) is 16.9. The van der Waals surface area contributed by atoms with Gasteiger partial charge in [0.25, 0.3) is 0 Å². The summed E-state index contributed by atoms with van der Waals surface area (Å²) in [5.41, 5.74) is 0.870. The predicted molar refractivity (Wildman–Crippen MR) is 141 cm³/mol. The Morgan fingerprint density at radius 2 is 1.94 bits per heavy atom. The van der Waals surface area contributed by atoms with E-state index in [4.69, 9.17) is 14.5 Å². The van der Waals surface area contributed by atoms with Crippen molar-refractivity contribution in [2.24, 2.45) is 0 Å². The highest BCUT2D eigenvalue weighted by atomic mass is 32.2. The molecule has 0 unspecified atom stereocenters. The Bertz CT molecular complexity index is 1260. The van der Waals surface area contributed by atoms with Gasteiger partial charge in [-0.2, -0.15) is 0 Å². The second-order valence-corrected chi connectivity index (χ2v) is 12.0. The SMILES string of the molecule is COc1ccc(S(=O)(=O)CCC(=O)N(CCN2CCOCC2)c2nc3c(SC)cccc3s2)cc1. The third-order valence-electron chi connectivity index (χ3n) is 5.87. The van der Waals surface area contributed by atoms with Crippen LogP contribution in [0.4, 0.5) is 5.13 Å². The zero-order valence-electron chi connectivity index (χ0n) is 19.8. The van der Waals surface area contributed by atoms with Crippen molar-refractivity contribution in [1.29, 1.82) is 0 Å². The molecule has 2 heterocycles. The van der Waals surface area contributed by atoms with Crippen LogP contribution in [0.3, 0.4) is 0 Å². The van der Waals surface area contributed by atoms with E-state index in [1.165, 1.54) is 30.6 Å². The number of hydrogen-bond donors (Lipinski definition) is 0. The highest BCUT2D eigenvalue weighted by Crippen LogP contribution is 2.34. The second-order valence-electron chi connectivity index (χ2n) is 8.05. The van der Waals surface area contributed by atoms with Crippen LogP contribution in [-0.4, -0.2) is 82.7 Å². The van der Waals surface area contributed by atoms with Gasteiger partial charge in [0.15, 0.2) is 15.0 Å². The van der Waals surface area contributed by atoms with E-state index in [1.807, 2.05) is 24.5 Å². The molecule has 1 aromatic heterocycles. The molecular weight excluding hydrogens is 506 g/mol. The summed E-state index contributed by atoms with van der Waals surface area (Å²) in [4.78, 5) is 23.3. The zero-order valence-corrected chi connectivity index (χ0v) is 22.3. The maximum absolute atomic E-state index is 13.4. The van der Waals surface area contributed by atoms with E-state index < -0.39 is 9.84 Å². The van der Waals surface area contributed by atoms with Crippen molar-refractivity contribution < 1.29 is 22.7 Å². The number of thiazole rings is 1. The van der Waals surface area contributed by atoms with Gasteiger partial charge in [-0.1, -0.05) is 17.4 Å². The first-order valence-corrected chi connectivity index (χ1v) is 15.0. The van der Waals surface area contributed by atoms with E-state index in [-0.39, 0.29) is 23.0 Å². The van der Waals surface area contributed by atoms with Crippen molar-refractivity contribution in [1.82, 2.24) is 9.88 Å². The minimum absolute atomic E-state index is 0.122. The summed E-state index contributed by atoms with van der Waals surface area (Å²) in [6.45, 7) is 4.08. The Morgan fingerprint density at radius 3 is 2.63 bits per heavy atom. The van der Waals surface area contributed by atoms with Crippen molar-refractivity contribution in [3.63, 3.8) is 0 Å². The highest BCUT2D eigenvalue weighted by molar-refractivity contribution is 7.98. The lowest BCUT2D eigenvalue weighted by molar-refractivity contribution is -0.118. The van der Waals surface area contributed by atoms with Gasteiger partial charge in [-0.25, -0.2) is 13.4 Å². The lowest BCUT2D eigenvalue weighted by Crippen LogP contribution is -2.43. The number of para-hydroxylation sites is 1. The third kappa shape index (κ3) is 6.34. The molecule has 0 N–H and O–H groups in total. The number of morpholine rings is 1. The van der Waals surface area contributed by atoms with Crippen LogP contribution in [0.5, 0.6) is 5.75 Å². The number of thioether (sulfide) groups is 1. The van der Waals surface area contributed by atoms with E-state index in [2.05, 4.69) is 4.90 Å². The normalized spacial score (nSPS) is 14.8. The van der Waals surface area contributed by atoms with Gasteiger partial charge in [0.2, 0.25) is 5.91 Å². The topological polar surface area (TPSA) is 89.0 Å². The van der Waals surface area contributed by atoms with Crippen molar-refractivity contribution >= 4 is 54.2 Å². The fourth-order valence-electron chi connectivity index (χ4n) is 3.84. The average Bonchev–Trinajstić information content (AvgIpc) is 3.32. The number of ether oxygens (including phenoxy) is 2. The van der Waals surface area contributed by atoms with Crippen LogP contribution in [0, 0.1) is 0 Å². The summed E-state index contributed by atoms with van der Waals surface area (Å²) in [5, 5.41) is 0.599. The molecule has 1 fully saturated rings. The number of methoxy groups -OCH3 is 1. The predicted octanol–water partition coefficient (Wildman–Crippen LogP) is 3.56. The molecule has 0 spiro atoms. The Balaban J connectivity index is 1.53. The lowest BCUT2D eigenvalue weighted by Gasteiger charge is -2.29. The number of fused-ring (bicyclic) bond motifs is 1. The summed E-state index contributed by atoms with van der Waals surface area (Å²) < 4.78 is 37.3. The van der Waals surface area contributed by atoms with Crippen LogP contribution < -0.4 is 9.64 Å². The molecule has 0 atom stereocenters. The standard InChI is InChI=1S/C24H29N3O5S3/c1-31-18-6-8-19(9-7-18)35(29,30)17-10-22(28)27(12-11-26-13-15-32-16-14-26)24-25-23-20(33-2)4-3-5-21(23)34-24/h3-9H,10-17H2,1-2H3. The summed E-state index contributed by atoms with van der Waals surface area (Å²) in [5.74, 6) is 0.0579. The molecule has 1 aliphatic heterocycles. The number of sulfone groups is 1. The molecule has 1 amide bonds. The molecule has 11 heteroatoms. The molecule has 35 heavy (non-hydrogen) atoms. The molecular formula is C24H29N3O5S3. The third-order valence-corrected chi connectivity index (χ3v) is 9.41. The van der Waals surface area contributed by atoms with Crippen LogP contribution in [0.15, 0.2) is 52.3 Å². The molecule has 3 aromatic rings. The number of carbonyl (C=O) groups is 1. The molecule has 4 rings (SSSR count). The summed E-state index contributed by atoms with van der Waals surface area (Å²) >= 11 is 3.07. The van der Waals surface area contributed by atoms with Gasteiger partial charge in [-0.15, -0.1) is 11.8 Å². The van der Waals surface area contributed by atoms with E-state index in [0.717, 1.165) is 28.2 Å². The Labute approximate surface area is 214 Å². The molecule has 1 aliphatic rings. The summed E-state index contributed by atoms with van der Waals surface area (Å²) in [7, 11) is -2.09. The Hall–Kier alpha value is -2.18. The quantitative estimate of drug-likeness (QED) is 0.364. The number of anilines is 1. The van der Waals surface area contributed by atoms with E-state index in [9.17, 15) is 13.2 Å². The molecule has 0 bridgehead atoms. The van der Waals surface area contributed by atoms with Crippen LogP contribution in [-0.2, 0) is 19.4 Å². The number of nitrogens with zero attached hydrogens (tertiary/aromatic N) is 3. The fourth-order valence-corrected chi connectivity index (χ4v) is 6.74. The fraction of sp³-hybridized carbons (Fsp3) is 0.417. The molecule has 8 nitrogen and oxygen atoms in total. The second kappa shape index (κ2) is 11.7. The van der Waals surface area contributed by atoms with Gasteiger partial charge >= 0.3 is 0 Å². The number of amides is 1. The lowest BCUT2D eigenvalue weighted by atomic mass is 10.3.